The molecule has 2 fully saturated rings. The highest BCUT2D eigenvalue weighted by Crippen LogP contribution is 2.63. The molecule has 0 unspecified atom stereocenters. The molecule has 9 nitrogen and oxygen atoms in total. The molecule has 1 heterocycles. The first kappa shape index (κ1) is 25.9. The van der Waals surface area contributed by atoms with Gasteiger partial charge in [-0.1, -0.05) is 24.6 Å². The number of benzene rings is 1. The van der Waals surface area contributed by atoms with E-state index >= 15 is 0 Å². The number of methoxy groups -OCH3 is 1. The van der Waals surface area contributed by atoms with Crippen molar-refractivity contribution in [2.45, 2.75) is 46.5 Å². The molecule has 9 heteroatoms. The van der Waals surface area contributed by atoms with E-state index in [2.05, 4.69) is 0 Å². The average Bonchev–Trinajstić information content (AvgIpc) is 3.16. The maximum atomic E-state index is 14.0. The Morgan fingerprint density at radius 3 is 2.47 bits per heavy atom. The summed E-state index contributed by atoms with van der Waals surface area (Å²) in [6.07, 6.45) is 1.30. The van der Waals surface area contributed by atoms with Crippen molar-refractivity contribution < 1.29 is 38.6 Å². The van der Waals surface area contributed by atoms with Crippen LogP contribution in [0.1, 0.15) is 52.0 Å². The summed E-state index contributed by atoms with van der Waals surface area (Å²) in [5.41, 5.74) is 1.13. The second-order valence-corrected chi connectivity index (χ2v) is 10.8. The van der Waals surface area contributed by atoms with Crippen LogP contribution in [0.2, 0.25) is 0 Å². The van der Waals surface area contributed by atoms with E-state index in [1.807, 2.05) is 6.08 Å². The molecular weight excluding hydrogens is 490 g/mol. The summed E-state index contributed by atoms with van der Waals surface area (Å²) in [5, 5.41) is 10.4. The quantitative estimate of drug-likeness (QED) is 0.471. The van der Waals surface area contributed by atoms with Crippen molar-refractivity contribution >= 4 is 29.5 Å². The Kier molecular flexibility index (Phi) is 6.08. The van der Waals surface area contributed by atoms with Crippen molar-refractivity contribution in [3.63, 3.8) is 0 Å². The molecule has 6 atom stereocenters. The maximum Gasteiger partial charge on any atom is 0.423 e. The predicted octanol–water partition coefficient (Wildman–Crippen LogP) is 3.70. The molecule has 0 spiro atoms. The molecule has 3 aliphatic carbocycles. The van der Waals surface area contributed by atoms with Gasteiger partial charge in [0.15, 0.2) is 23.1 Å². The molecule has 0 bridgehead atoms. The number of Topliss-reactive ketones (excluding diaryl/α,β-unsaturated/α-hetero) is 2. The van der Waals surface area contributed by atoms with Crippen LogP contribution in [0.3, 0.4) is 0 Å². The molecule has 4 aliphatic rings. The number of fused-ring (bicyclic) bond motifs is 4. The number of ether oxygens (including phenoxy) is 2. The Bertz CT molecular complexity index is 1360. The van der Waals surface area contributed by atoms with E-state index in [0.29, 0.717) is 28.2 Å². The van der Waals surface area contributed by atoms with E-state index in [1.165, 1.54) is 6.07 Å². The zero-order valence-electron chi connectivity index (χ0n) is 22.1. The lowest BCUT2D eigenvalue weighted by Gasteiger charge is -2.54. The normalized spacial score (nSPS) is 32.5. The number of nitrogens with zero attached hydrogens (tertiary/aromatic N) is 1. The van der Waals surface area contributed by atoms with Crippen molar-refractivity contribution in [2.75, 3.05) is 13.7 Å². The van der Waals surface area contributed by atoms with Gasteiger partial charge in [-0.25, -0.2) is 4.79 Å². The molecule has 0 aromatic heterocycles. The first-order valence-corrected chi connectivity index (χ1v) is 12.9. The van der Waals surface area contributed by atoms with Gasteiger partial charge in [0.05, 0.1) is 31.0 Å². The van der Waals surface area contributed by atoms with Crippen molar-refractivity contribution in [3.8, 4) is 11.5 Å². The number of allylic oxidation sites excluding steroid dienone is 4. The summed E-state index contributed by atoms with van der Waals surface area (Å²) < 4.78 is 10.3. The third-order valence-electron chi connectivity index (χ3n) is 9.14. The minimum Gasteiger partial charge on any atom is -0.504 e. The molecule has 1 saturated carbocycles. The van der Waals surface area contributed by atoms with E-state index in [0.717, 1.165) is 12.7 Å². The zero-order valence-corrected chi connectivity index (χ0v) is 22.1. The monoisotopic (exact) mass is 521 g/mol. The number of hydrogen-bond donors (Lipinski definition) is 1. The van der Waals surface area contributed by atoms with Crippen LogP contribution in [-0.2, 0) is 23.9 Å². The summed E-state index contributed by atoms with van der Waals surface area (Å²) in [6, 6.07) is 4.89. The SMILES string of the molecule is CCOc1cc([C@H]2C3=CC[C@@H]4C(=O)N(C(=O)OC)C(=O)[C@@H]4[C@@H]3C[C@H]3C(=O)C(C)=C(C)C(=O)[C@@]23C)ccc1O. The van der Waals surface area contributed by atoms with Crippen LogP contribution < -0.4 is 4.74 Å². The number of aromatic hydroxyl groups is 1. The van der Waals surface area contributed by atoms with Gasteiger partial charge in [0.25, 0.3) is 0 Å². The van der Waals surface area contributed by atoms with Crippen LogP contribution in [0.15, 0.2) is 41.0 Å². The molecule has 3 amide bonds. The number of rotatable bonds is 3. The van der Waals surface area contributed by atoms with Gasteiger partial charge in [-0.3, -0.25) is 19.2 Å². The van der Waals surface area contributed by atoms with Gasteiger partial charge >= 0.3 is 6.09 Å². The number of carbonyl (C=O) groups is 5. The number of likely N-dealkylation sites (tertiary alicyclic amines) is 1. The fourth-order valence-corrected chi connectivity index (χ4v) is 7.21. The largest absolute Gasteiger partial charge is 0.504 e. The highest BCUT2D eigenvalue weighted by Gasteiger charge is 2.64. The first-order valence-electron chi connectivity index (χ1n) is 12.9. The first-order chi connectivity index (χ1) is 18.0. The molecule has 200 valence electrons. The maximum absolute atomic E-state index is 14.0. The molecule has 0 radical (unpaired) electrons. The second-order valence-electron chi connectivity index (χ2n) is 10.8. The molecular formula is C29H31NO8. The van der Waals surface area contributed by atoms with Crippen molar-refractivity contribution in [3.05, 3.63) is 46.6 Å². The highest BCUT2D eigenvalue weighted by atomic mass is 16.5. The smallest absolute Gasteiger partial charge is 0.423 e. The topological polar surface area (TPSA) is 127 Å². The summed E-state index contributed by atoms with van der Waals surface area (Å²) in [4.78, 5) is 67.2. The molecule has 1 N–H and O–H groups in total. The number of amides is 3. The van der Waals surface area contributed by atoms with Crippen LogP contribution in [0.25, 0.3) is 0 Å². The predicted molar refractivity (Wildman–Crippen MR) is 134 cm³/mol. The lowest BCUT2D eigenvalue weighted by atomic mass is 9.46. The fraction of sp³-hybridized carbons (Fsp3) is 0.483. The van der Waals surface area contributed by atoms with Crippen molar-refractivity contribution in [2.24, 2.45) is 29.1 Å². The standard InChI is InChI=1S/C29H31NO8/c1-6-38-21-11-15(7-10-20(21)31)23-16-8-9-17-22(27(35)30(26(17)34)28(36)37-5)18(16)12-19-24(32)13(2)14(3)25(33)29(19,23)4/h7-8,10-11,17-19,22-23,31H,6,9,12H2,1-5H3/t17-,18+,19-,22-,23-,29+/m0/s1. The van der Waals surface area contributed by atoms with E-state index in [4.69, 9.17) is 9.47 Å². The van der Waals surface area contributed by atoms with Gasteiger partial charge in [-0.15, -0.1) is 0 Å². The van der Waals surface area contributed by atoms with Crippen LogP contribution in [0, 0.1) is 29.1 Å². The molecule has 1 aromatic carbocycles. The Balaban J connectivity index is 1.71. The van der Waals surface area contributed by atoms with Gasteiger partial charge in [0, 0.05) is 11.8 Å². The molecule has 5 rings (SSSR count). The number of carbonyl (C=O) groups excluding carboxylic acids is 5. The lowest BCUT2D eigenvalue weighted by Crippen LogP contribution is -2.55. The summed E-state index contributed by atoms with van der Waals surface area (Å²) in [7, 11) is 1.11. The highest BCUT2D eigenvalue weighted by molar-refractivity contribution is 6.17. The van der Waals surface area contributed by atoms with Crippen molar-refractivity contribution in [1.29, 1.82) is 0 Å². The third kappa shape index (κ3) is 3.33. The molecule has 38 heavy (non-hydrogen) atoms. The van der Waals surface area contributed by atoms with Crippen molar-refractivity contribution in [1.82, 2.24) is 4.90 Å². The Morgan fingerprint density at radius 1 is 1.11 bits per heavy atom. The third-order valence-corrected chi connectivity index (χ3v) is 9.14. The minimum absolute atomic E-state index is 0.0504. The number of phenolic OH excluding ortho intramolecular Hbond substituents is 1. The Labute approximate surface area is 220 Å². The summed E-state index contributed by atoms with van der Waals surface area (Å²) in [5.74, 6) is -4.78. The minimum atomic E-state index is -1.15. The zero-order chi connectivity index (χ0) is 27.7. The number of ketones is 2. The van der Waals surface area contributed by atoms with Gasteiger partial charge in [-0.05, 0) is 68.4 Å². The van der Waals surface area contributed by atoms with Crippen LogP contribution in [0.5, 0.6) is 11.5 Å². The molecule has 1 aromatic rings. The van der Waals surface area contributed by atoms with E-state index < -0.39 is 52.9 Å². The Hall–Kier alpha value is -3.75. The van der Waals surface area contributed by atoms with Gasteiger partial charge in [-0.2, -0.15) is 4.90 Å². The fourth-order valence-electron chi connectivity index (χ4n) is 7.21. The van der Waals surface area contributed by atoms with E-state index in [1.54, 1.807) is 39.8 Å². The van der Waals surface area contributed by atoms with Crippen LogP contribution in [0.4, 0.5) is 4.79 Å². The second kappa shape index (κ2) is 8.92. The number of imide groups is 3. The number of phenols is 1. The van der Waals surface area contributed by atoms with Gasteiger partial charge < -0.3 is 14.6 Å². The summed E-state index contributed by atoms with van der Waals surface area (Å²) >= 11 is 0. The Morgan fingerprint density at radius 2 is 1.82 bits per heavy atom. The van der Waals surface area contributed by atoms with Crippen LogP contribution >= 0.6 is 0 Å². The van der Waals surface area contributed by atoms with E-state index in [9.17, 15) is 29.1 Å². The van der Waals surface area contributed by atoms with Crippen LogP contribution in [-0.4, -0.2) is 53.2 Å². The lowest BCUT2D eigenvalue weighted by molar-refractivity contribution is -0.142. The van der Waals surface area contributed by atoms with Gasteiger partial charge in [0.1, 0.15) is 0 Å². The molecule has 1 aliphatic heterocycles. The van der Waals surface area contributed by atoms with E-state index in [-0.39, 0.29) is 35.9 Å². The number of hydrogen-bond acceptors (Lipinski definition) is 8. The summed E-state index contributed by atoms with van der Waals surface area (Å²) in [6.45, 7) is 7.23. The molecule has 1 saturated heterocycles. The van der Waals surface area contributed by atoms with Gasteiger partial charge in [0.2, 0.25) is 11.8 Å². The average molecular weight is 522 g/mol.